The number of H-pyrrole nitrogens is 1. The third-order valence-electron chi connectivity index (χ3n) is 4.75. The van der Waals surface area contributed by atoms with Gasteiger partial charge in [0.2, 0.25) is 5.91 Å². The van der Waals surface area contributed by atoms with Gasteiger partial charge < -0.3 is 10.3 Å². The van der Waals surface area contributed by atoms with E-state index >= 15 is 0 Å². The Morgan fingerprint density at radius 3 is 2.74 bits per heavy atom. The number of hydrogen-bond acceptors (Lipinski definition) is 5. The first-order valence-corrected chi connectivity index (χ1v) is 10.5. The number of aryl methyl sites for hydroxylation is 1. The van der Waals surface area contributed by atoms with E-state index in [0.717, 1.165) is 33.5 Å². The van der Waals surface area contributed by atoms with Crippen LogP contribution in [0.5, 0.6) is 0 Å². The van der Waals surface area contributed by atoms with Gasteiger partial charge in [-0.15, -0.1) is 0 Å². The predicted octanol–water partition coefficient (Wildman–Crippen LogP) is 3.49. The number of carbonyl (C=O) groups is 3. The van der Waals surface area contributed by atoms with Crippen molar-refractivity contribution in [3.63, 3.8) is 0 Å². The standard InChI is InChI=1S/C22H19FN4O3S/c23-15-6-2-1-5-14(15)13-18-21(29)27(22(30)31-18)12-11-24-20(28)10-9-19-25-16-7-3-4-8-17(16)26-19/h1-8,13H,9-12H2,(H,24,28)(H,25,26)/b18-13-. The summed E-state index contributed by atoms with van der Waals surface area (Å²) in [4.78, 5) is 45.5. The van der Waals surface area contributed by atoms with Gasteiger partial charge in [0, 0.05) is 31.5 Å². The van der Waals surface area contributed by atoms with E-state index in [4.69, 9.17) is 0 Å². The second kappa shape index (κ2) is 9.13. The molecule has 1 aliphatic heterocycles. The fourth-order valence-electron chi connectivity index (χ4n) is 3.18. The first-order valence-electron chi connectivity index (χ1n) is 9.71. The van der Waals surface area contributed by atoms with Crippen molar-refractivity contribution >= 4 is 45.9 Å². The molecule has 0 aliphatic carbocycles. The zero-order chi connectivity index (χ0) is 21.8. The summed E-state index contributed by atoms with van der Waals surface area (Å²) in [6.07, 6.45) is 2.05. The third kappa shape index (κ3) is 4.83. The highest BCUT2D eigenvalue weighted by atomic mass is 32.2. The highest BCUT2D eigenvalue weighted by molar-refractivity contribution is 8.18. The van der Waals surface area contributed by atoms with Crippen LogP contribution in [0.1, 0.15) is 17.8 Å². The second-order valence-electron chi connectivity index (χ2n) is 6.91. The van der Waals surface area contributed by atoms with Gasteiger partial charge in [-0.25, -0.2) is 9.37 Å². The van der Waals surface area contributed by atoms with Gasteiger partial charge in [-0.1, -0.05) is 30.3 Å². The number of imide groups is 1. The Bertz CT molecular complexity index is 1160. The lowest BCUT2D eigenvalue weighted by Gasteiger charge is -2.12. The molecule has 0 spiro atoms. The second-order valence-corrected chi connectivity index (χ2v) is 7.90. The number of hydrogen-bond donors (Lipinski definition) is 2. The van der Waals surface area contributed by atoms with Gasteiger partial charge in [-0.05, 0) is 36.0 Å². The molecule has 4 rings (SSSR count). The number of halogens is 1. The monoisotopic (exact) mass is 438 g/mol. The molecule has 3 aromatic rings. The van der Waals surface area contributed by atoms with Gasteiger partial charge in [0.25, 0.3) is 11.1 Å². The lowest BCUT2D eigenvalue weighted by Crippen LogP contribution is -2.37. The smallest absolute Gasteiger partial charge is 0.293 e. The third-order valence-corrected chi connectivity index (χ3v) is 5.66. The normalized spacial score (nSPS) is 15.3. The van der Waals surface area contributed by atoms with E-state index in [1.165, 1.54) is 18.2 Å². The Kier molecular flexibility index (Phi) is 6.13. The molecule has 158 valence electrons. The highest BCUT2D eigenvalue weighted by Crippen LogP contribution is 2.32. The summed E-state index contributed by atoms with van der Waals surface area (Å²) < 4.78 is 13.8. The molecule has 3 amide bonds. The summed E-state index contributed by atoms with van der Waals surface area (Å²) in [5.41, 5.74) is 2.01. The Hall–Kier alpha value is -3.46. The van der Waals surface area contributed by atoms with Crippen LogP contribution in [0.25, 0.3) is 17.1 Å². The van der Waals surface area contributed by atoms with Gasteiger partial charge >= 0.3 is 0 Å². The van der Waals surface area contributed by atoms with Crippen molar-refractivity contribution in [1.29, 1.82) is 0 Å². The van der Waals surface area contributed by atoms with Crippen LogP contribution in [0.15, 0.2) is 53.4 Å². The molecule has 7 nitrogen and oxygen atoms in total. The van der Waals surface area contributed by atoms with Gasteiger partial charge in [0.1, 0.15) is 11.6 Å². The maximum absolute atomic E-state index is 13.8. The van der Waals surface area contributed by atoms with Gasteiger partial charge in [-0.3, -0.25) is 19.3 Å². The van der Waals surface area contributed by atoms with E-state index in [-0.39, 0.29) is 35.9 Å². The molecule has 0 saturated carbocycles. The van der Waals surface area contributed by atoms with Crippen molar-refractivity contribution in [2.75, 3.05) is 13.1 Å². The molecular weight excluding hydrogens is 419 g/mol. The molecule has 2 aromatic carbocycles. The van der Waals surface area contributed by atoms with E-state index in [1.807, 2.05) is 24.3 Å². The average Bonchev–Trinajstić information content (AvgIpc) is 3.29. The van der Waals surface area contributed by atoms with Crippen LogP contribution < -0.4 is 5.32 Å². The fraction of sp³-hybridized carbons (Fsp3) is 0.182. The number of imidazole rings is 1. The van der Waals surface area contributed by atoms with Crippen molar-refractivity contribution in [3.8, 4) is 0 Å². The largest absolute Gasteiger partial charge is 0.354 e. The molecule has 0 atom stereocenters. The highest BCUT2D eigenvalue weighted by Gasteiger charge is 2.34. The zero-order valence-corrected chi connectivity index (χ0v) is 17.2. The molecule has 2 heterocycles. The quantitative estimate of drug-likeness (QED) is 0.551. The number of fused-ring (bicyclic) bond motifs is 1. The minimum atomic E-state index is -0.491. The predicted molar refractivity (Wildman–Crippen MR) is 117 cm³/mol. The van der Waals surface area contributed by atoms with E-state index in [9.17, 15) is 18.8 Å². The van der Waals surface area contributed by atoms with Crippen molar-refractivity contribution in [2.45, 2.75) is 12.8 Å². The van der Waals surface area contributed by atoms with Crippen molar-refractivity contribution < 1.29 is 18.8 Å². The van der Waals surface area contributed by atoms with E-state index in [2.05, 4.69) is 15.3 Å². The lowest BCUT2D eigenvalue weighted by molar-refractivity contribution is -0.124. The minimum Gasteiger partial charge on any atom is -0.354 e. The summed E-state index contributed by atoms with van der Waals surface area (Å²) in [5, 5.41) is 2.27. The van der Waals surface area contributed by atoms with Crippen LogP contribution in [0.2, 0.25) is 0 Å². The van der Waals surface area contributed by atoms with Crippen molar-refractivity contribution in [3.05, 3.63) is 70.6 Å². The molecule has 1 fully saturated rings. The summed E-state index contributed by atoms with van der Waals surface area (Å²) in [6, 6.07) is 13.6. The number of aromatic nitrogens is 2. The van der Waals surface area contributed by atoms with Gasteiger partial charge in [0.15, 0.2) is 0 Å². The molecule has 0 unspecified atom stereocenters. The molecule has 1 aromatic heterocycles. The maximum Gasteiger partial charge on any atom is 0.293 e. The molecular formula is C22H19FN4O3S. The summed E-state index contributed by atoms with van der Waals surface area (Å²) in [7, 11) is 0. The average molecular weight is 438 g/mol. The molecule has 31 heavy (non-hydrogen) atoms. The van der Waals surface area contributed by atoms with Gasteiger partial charge in [-0.2, -0.15) is 0 Å². The Balaban J connectivity index is 1.27. The number of benzene rings is 2. The number of nitrogens with zero attached hydrogens (tertiary/aromatic N) is 2. The van der Waals surface area contributed by atoms with Crippen LogP contribution in [0, 0.1) is 5.82 Å². The van der Waals surface area contributed by atoms with Crippen LogP contribution >= 0.6 is 11.8 Å². The summed E-state index contributed by atoms with van der Waals surface area (Å²) in [5.74, 6) is -0.435. The van der Waals surface area contributed by atoms with Crippen LogP contribution in [-0.2, 0) is 16.0 Å². The number of thioether (sulfide) groups is 1. The Labute approximate surface area is 181 Å². The van der Waals surface area contributed by atoms with E-state index in [0.29, 0.717) is 6.42 Å². The molecule has 1 aliphatic rings. The summed E-state index contributed by atoms with van der Waals surface area (Å²) in [6.45, 7) is 0.194. The number of nitrogens with one attached hydrogen (secondary N) is 2. The topological polar surface area (TPSA) is 95.2 Å². The number of carbonyl (C=O) groups excluding carboxylic acids is 3. The van der Waals surface area contributed by atoms with Crippen molar-refractivity contribution in [2.24, 2.45) is 0 Å². The molecule has 0 radical (unpaired) electrons. The van der Waals surface area contributed by atoms with Crippen LogP contribution in [0.4, 0.5) is 9.18 Å². The molecule has 9 heteroatoms. The van der Waals surface area contributed by atoms with Crippen LogP contribution in [0.3, 0.4) is 0 Å². The van der Waals surface area contributed by atoms with Crippen LogP contribution in [-0.4, -0.2) is 45.0 Å². The Morgan fingerprint density at radius 2 is 1.94 bits per heavy atom. The lowest BCUT2D eigenvalue weighted by atomic mass is 10.2. The molecule has 1 saturated heterocycles. The minimum absolute atomic E-state index is 0.0512. The number of para-hydroxylation sites is 2. The van der Waals surface area contributed by atoms with E-state index in [1.54, 1.807) is 12.1 Å². The number of amides is 3. The number of rotatable bonds is 7. The van der Waals surface area contributed by atoms with Gasteiger partial charge in [0.05, 0.1) is 15.9 Å². The summed E-state index contributed by atoms with van der Waals surface area (Å²) >= 11 is 0.760. The maximum atomic E-state index is 13.8. The van der Waals surface area contributed by atoms with Crippen molar-refractivity contribution in [1.82, 2.24) is 20.2 Å². The molecule has 0 bridgehead atoms. The first-order chi connectivity index (χ1) is 15.0. The Morgan fingerprint density at radius 1 is 1.16 bits per heavy atom. The van der Waals surface area contributed by atoms with E-state index < -0.39 is 17.0 Å². The molecule has 2 N–H and O–H groups in total. The number of aromatic amines is 1. The zero-order valence-electron chi connectivity index (χ0n) is 16.4. The fourth-order valence-corrected chi connectivity index (χ4v) is 4.03. The first kappa shape index (κ1) is 20.8. The SMILES string of the molecule is O=C(CCc1nc2ccccc2[nH]1)NCCN1C(=O)S/C(=C\c2ccccc2F)C1=O.